The molecule has 282 valence electrons. The minimum absolute atomic E-state index is 0.846. The summed E-state index contributed by atoms with van der Waals surface area (Å²) in [6.45, 7) is 0. The number of benzene rings is 10. The van der Waals surface area contributed by atoms with Crippen LogP contribution >= 0.6 is 0 Å². The van der Waals surface area contributed by atoms with Crippen molar-refractivity contribution in [1.29, 1.82) is 0 Å². The largest absolute Gasteiger partial charge is 0.456 e. The van der Waals surface area contributed by atoms with E-state index < -0.39 is 0 Å². The molecule has 2 nitrogen and oxygen atoms in total. The Morgan fingerprint density at radius 3 is 1.25 bits per heavy atom. The second kappa shape index (κ2) is 15.1. The summed E-state index contributed by atoms with van der Waals surface area (Å²) in [7, 11) is 0. The quantitative estimate of drug-likeness (QED) is 0.160. The summed E-state index contributed by atoms with van der Waals surface area (Å²) < 4.78 is 6.94. The van der Waals surface area contributed by atoms with Gasteiger partial charge >= 0.3 is 0 Å². The Hall–Kier alpha value is -7.94. The third-order valence-electron chi connectivity index (χ3n) is 11.7. The molecule has 0 N–H and O–H groups in total. The third kappa shape index (κ3) is 6.51. The van der Waals surface area contributed by atoms with Crippen molar-refractivity contribution < 1.29 is 4.74 Å². The molecule has 2 heteroatoms. The van der Waals surface area contributed by atoms with Gasteiger partial charge in [0.1, 0.15) is 11.5 Å². The molecular formula is C58H39NO. The van der Waals surface area contributed by atoms with E-state index in [0.29, 0.717) is 0 Å². The highest BCUT2D eigenvalue weighted by molar-refractivity contribution is 6.07. The SMILES string of the molecule is c1ccc(-c2ccc(N(c3ccc(-c4ccccc4)cc3)c3ccc(-c4ccc5c(c4)Oc4ccc(-c6ccccc6)cc4-c4ccc6ccccc6c4-5)cc3)cc2)cc1. The van der Waals surface area contributed by atoms with E-state index in [4.69, 9.17) is 4.74 Å². The Morgan fingerprint density at radius 2 is 0.683 bits per heavy atom. The van der Waals surface area contributed by atoms with Crippen LogP contribution in [0.1, 0.15) is 0 Å². The van der Waals surface area contributed by atoms with Gasteiger partial charge in [-0.2, -0.15) is 0 Å². The second-order valence-electron chi connectivity index (χ2n) is 15.3. The molecule has 1 aliphatic heterocycles. The monoisotopic (exact) mass is 765 g/mol. The maximum absolute atomic E-state index is 6.94. The molecule has 0 unspecified atom stereocenters. The zero-order chi connectivity index (χ0) is 39.8. The van der Waals surface area contributed by atoms with Crippen LogP contribution in [0, 0.1) is 0 Å². The van der Waals surface area contributed by atoms with E-state index in [0.717, 1.165) is 56.4 Å². The van der Waals surface area contributed by atoms with Crippen molar-refractivity contribution in [3.63, 3.8) is 0 Å². The van der Waals surface area contributed by atoms with Gasteiger partial charge in [-0.25, -0.2) is 0 Å². The molecule has 0 atom stereocenters. The molecule has 1 aliphatic rings. The Balaban J connectivity index is 0.981. The summed E-state index contributed by atoms with van der Waals surface area (Å²) in [4.78, 5) is 2.33. The topological polar surface area (TPSA) is 12.5 Å². The third-order valence-corrected chi connectivity index (χ3v) is 11.7. The predicted octanol–water partition coefficient (Wildman–Crippen LogP) is 16.4. The minimum Gasteiger partial charge on any atom is -0.456 e. The highest BCUT2D eigenvalue weighted by atomic mass is 16.5. The summed E-state index contributed by atoms with van der Waals surface area (Å²) in [5, 5.41) is 2.42. The summed E-state index contributed by atoms with van der Waals surface area (Å²) in [6, 6.07) is 84.6. The van der Waals surface area contributed by atoms with E-state index in [-0.39, 0.29) is 0 Å². The lowest BCUT2D eigenvalue weighted by molar-refractivity contribution is 0.488. The number of rotatable bonds is 7. The van der Waals surface area contributed by atoms with E-state index >= 15 is 0 Å². The molecule has 0 saturated carbocycles. The average Bonchev–Trinajstić information content (AvgIpc) is 3.47. The first-order valence-electron chi connectivity index (χ1n) is 20.5. The van der Waals surface area contributed by atoms with E-state index in [1.807, 2.05) is 0 Å². The van der Waals surface area contributed by atoms with Crippen molar-refractivity contribution in [2.24, 2.45) is 0 Å². The van der Waals surface area contributed by atoms with Crippen LogP contribution in [0.4, 0.5) is 17.1 Å². The first-order valence-corrected chi connectivity index (χ1v) is 20.5. The average molecular weight is 766 g/mol. The normalized spacial score (nSPS) is 11.5. The molecule has 11 rings (SSSR count). The molecule has 0 radical (unpaired) electrons. The summed E-state index contributed by atoms with van der Waals surface area (Å²) >= 11 is 0. The van der Waals surface area contributed by atoms with Gasteiger partial charge < -0.3 is 9.64 Å². The Bertz CT molecular complexity index is 3040. The van der Waals surface area contributed by atoms with Crippen molar-refractivity contribution in [3.8, 4) is 78.3 Å². The van der Waals surface area contributed by atoms with Crippen LogP contribution < -0.4 is 9.64 Å². The molecule has 10 aromatic carbocycles. The molecule has 10 aromatic rings. The van der Waals surface area contributed by atoms with Gasteiger partial charge in [-0.3, -0.25) is 0 Å². The van der Waals surface area contributed by atoms with E-state index in [9.17, 15) is 0 Å². The van der Waals surface area contributed by atoms with Crippen molar-refractivity contribution in [2.75, 3.05) is 4.90 Å². The summed E-state index contributed by atoms with van der Waals surface area (Å²) in [5.74, 6) is 1.70. The number of nitrogens with zero attached hydrogens (tertiary/aromatic N) is 1. The highest BCUT2D eigenvalue weighted by Crippen LogP contribution is 2.51. The van der Waals surface area contributed by atoms with Gasteiger partial charge in [0.15, 0.2) is 0 Å². The van der Waals surface area contributed by atoms with Gasteiger partial charge in [-0.15, -0.1) is 0 Å². The van der Waals surface area contributed by atoms with Gasteiger partial charge in [0.2, 0.25) is 0 Å². The molecule has 0 amide bonds. The van der Waals surface area contributed by atoms with Crippen LogP contribution in [-0.2, 0) is 0 Å². The van der Waals surface area contributed by atoms with E-state index in [2.05, 4.69) is 241 Å². The Kier molecular flexibility index (Phi) is 8.87. The number of anilines is 3. The molecule has 0 spiro atoms. The lowest BCUT2D eigenvalue weighted by Gasteiger charge is -2.26. The number of hydrogen-bond acceptors (Lipinski definition) is 2. The lowest BCUT2D eigenvalue weighted by atomic mass is 9.88. The zero-order valence-corrected chi connectivity index (χ0v) is 32.9. The zero-order valence-electron chi connectivity index (χ0n) is 32.9. The molecule has 60 heavy (non-hydrogen) atoms. The maximum atomic E-state index is 6.94. The van der Waals surface area contributed by atoms with Crippen molar-refractivity contribution in [2.45, 2.75) is 0 Å². The van der Waals surface area contributed by atoms with Crippen molar-refractivity contribution in [1.82, 2.24) is 0 Å². The minimum atomic E-state index is 0.846. The fourth-order valence-corrected chi connectivity index (χ4v) is 8.65. The molecule has 0 aromatic heterocycles. The number of fused-ring (bicyclic) bond motifs is 7. The second-order valence-corrected chi connectivity index (χ2v) is 15.3. The van der Waals surface area contributed by atoms with Crippen molar-refractivity contribution in [3.05, 3.63) is 237 Å². The van der Waals surface area contributed by atoms with Gasteiger partial charge in [0.25, 0.3) is 0 Å². The molecule has 0 fully saturated rings. The smallest absolute Gasteiger partial charge is 0.135 e. The van der Waals surface area contributed by atoms with E-state index in [1.165, 1.54) is 49.7 Å². The molecule has 0 bridgehead atoms. The standard InChI is InChI=1S/C58H39NO/c1-4-12-40(13-5-1)43-20-29-49(30-21-43)59(50-31-22-44(23-32-50)41-14-6-2-7-15-41)51-33-24-45(25-34-51)48-27-36-54-57(39-48)60-56-37-28-47(42-16-8-3-9-17-42)38-55(56)53-35-26-46-18-10-11-19-52(46)58(53)54/h1-39H. The van der Waals surface area contributed by atoms with Gasteiger partial charge in [-0.05, 0) is 122 Å². The molecule has 0 saturated heterocycles. The van der Waals surface area contributed by atoms with Gasteiger partial charge in [0.05, 0.1) is 0 Å². The van der Waals surface area contributed by atoms with Gasteiger partial charge in [-0.1, -0.05) is 176 Å². The molecular weight excluding hydrogens is 727 g/mol. The van der Waals surface area contributed by atoms with Crippen molar-refractivity contribution >= 4 is 27.8 Å². The molecule has 1 heterocycles. The van der Waals surface area contributed by atoms with Crippen LogP contribution in [0.25, 0.3) is 77.5 Å². The number of ether oxygens (including phenoxy) is 1. The highest BCUT2D eigenvalue weighted by Gasteiger charge is 2.24. The van der Waals surface area contributed by atoms with Crippen LogP contribution in [0.15, 0.2) is 237 Å². The maximum Gasteiger partial charge on any atom is 0.135 e. The fourth-order valence-electron chi connectivity index (χ4n) is 8.65. The van der Waals surface area contributed by atoms with Crippen LogP contribution in [0.3, 0.4) is 0 Å². The number of hydrogen-bond donors (Lipinski definition) is 0. The summed E-state index contributed by atoms with van der Waals surface area (Å²) in [5.41, 5.74) is 17.1. The van der Waals surface area contributed by atoms with Crippen LogP contribution in [0.2, 0.25) is 0 Å². The first-order chi connectivity index (χ1) is 29.7. The Morgan fingerprint density at radius 1 is 0.267 bits per heavy atom. The van der Waals surface area contributed by atoms with Gasteiger partial charge in [0, 0.05) is 33.8 Å². The fraction of sp³-hybridized carbons (Fsp3) is 0. The molecule has 0 aliphatic carbocycles. The first kappa shape index (κ1) is 35.2. The van der Waals surface area contributed by atoms with Crippen LogP contribution in [0.5, 0.6) is 11.5 Å². The van der Waals surface area contributed by atoms with E-state index in [1.54, 1.807) is 0 Å². The summed E-state index contributed by atoms with van der Waals surface area (Å²) in [6.07, 6.45) is 0. The lowest BCUT2D eigenvalue weighted by Crippen LogP contribution is -2.09. The predicted molar refractivity (Wildman–Crippen MR) is 251 cm³/mol. The van der Waals surface area contributed by atoms with Crippen LogP contribution in [-0.4, -0.2) is 0 Å². The Labute approximate surface area is 350 Å².